The molecule has 1 amide bonds. The Labute approximate surface area is 198 Å². The molecule has 0 saturated heterocycles. The molecule has 2 aromatic carbocycles. The van der Waals surface area contributed by atoms with E-state index in [2.05, 4.69) is 70.0 Å². The molecule has 1 N–H and O–H groups in total. The molecule has 0 bridgehead atoms. The van der Waals surface area contributed by atoms with Gasteiger partial charge in [-0.1, -0.05) is 77.9 Å². The number of aromatic nitrogens is 1. The number of benzene rings is 2. The zero-order valence-electron chi connectivity index (χ0n) is 20.7. The largest absolute Gasteiger partial charge is 0.439 e. The van der Waals surface area contributed by atoms with Gasteiger partial charge in [-0.05, 0) is 57.7 Å². The van der Waals surface area contributed by atoms with Crippen LogP contribution in [0, 0.1) is 0 Å². The molecule has 0 aliphatic rings. The average molecular weight is 445 g/mol. The number of ether oxygens (including phenoxy) is 1. The fourth-order valence-corrected chi connectivity index (χ4v) is 3.50. The molecule has 3 aromatic rings. The lowest BCUT2D eigenvalue weighted by molar-refractivity contribution is -0.121. The number of rotatable bonds is 7. The van der Waals surface area contributed by atoms with Crippen LogP contribution in [0.15, 0.2) is 66.9 Å². The lowest BCUT2D eigenvalue weighted by Gasteiger charge is -2.26. The molecule has 0 aliphatic carbocycles. The third kappa shape index (κ3) is 7.45. The molecule has 0 saturated carbocycles. The second kappa shape index (κ2) is 10.2. The number of hydrogen-bond acceptors (Lipinski definition) is 3. The van der Waals surface area contributed by atoms with Crippen LogP contribution in [0.2, 0.25) is 0 Å². The second-order valence-electron chi connectivity index (χ2n) is 10.6. The summed E-state index contributed by atoms with van der Waals surface area (Å²) in [5.41, 5.74) is 4.97. The Morgan fingerprint density at radius 3 is 2.15 bits per heavy atom. The number of nitrogens with zero attached hydrogens (tertiary/aromatic N) is 1. The van der Waals surface area contributed by atoms with Crippen LogP contribution in [-0.4, -0.2) is 10.9 Å². The Kier molecular flexibility index (Phi) is 7.57. The molecule has 1 heterocycles. The first kappa shape index (κ1) is 24.5. The van der Waals surface area contributed by atoms with Gasteiger partial charge >= 0.3 is 0 Å². The number of amides is 1. The fourth-order valence-electron chi connectivity index (χ4n) is 3.50. The van der Waals surface area contributed by atoms with Gasteiger partial charge in [0, 0.05) is 25.2 Å². The third-order valence-corrected chi connectivity index (χ3v) is 5.61. The van der Waals surface area contributed by atoms with E-state index in [0.717, 1.165) is 12.0 Å². The average Bonchev–Trinajstić information content (AvgIpc) is 2.76. The van der Waals surface area contributed by atoms with Crippen LogP contribution in [0.1, 0.15) is 70.2 Å². The molecule has 0 aliphatic heterocycles. The maximum atomic E-state index is 12.6. The van der Waals surface area contributed by atoms with Gasteiger partial charge in [0.2, 0.25) is 11.8 Å². The monoisotopic (exact) mass is 444 g/mol. The summed E-state index contributed by atoms with van der Waals surface area (Å²) in [5, 5.41) is 3.04. The van der Waals surface area contributed by atoms with Crippen LogP contribution in [0.3, 0.4) is 0 Å². The van der Waals surface area contributed by atoms with Crippen molar-refractivity contribution >= 4 is 5.91 Å². The van der Waals surface area contributed by atoms with Crippen LogP contribution in [0.25, 0.3) is 0 Å². The van der Waals surface area contributed by atoms with Gasteiger partial charge < -0.3 is 10.1 Å². The summed E-state index contributed by atoms with van der Waals surface area (Å²) in [7, 11) is 0. The van der Waals surface area contributed by atoms with E-state index in [1.807, 2.05) is 42.5 Å². The highest BCUT2D eigenvalue weighted by Crippen LogP contribution is 2.30. The minimum absolute atomic E-state index is 0.0458. The van der Waals surface area contributed by atoms with Crippen molar-refractivity contribution in [1.29, 1.82) is 0 Å². The molecule has 4 nitrogen and oxygen atoms in total. The highest BCUT2D eigenvalue weighted by atomic mass is 16.5. The van der Waals surface area contributed by atoms with Crippen LogP contribution in [-0.2, 0) is 28.6 Å². The van der Waals surface area contributed by atoms with E-state index in [4.69, 9.17) is 4.74 Å². The first-order chi connectivity index (χ1) is 15.5. The fraction of sp³-hybridized carbons (Fsp3) is 0.379. The summed E-state index contributed by atoms with van der Waals surface area (Å²) in [6.45, 7) is 13.9. The molecule has 0 atom stereocenters. The Morgan fingerprint density at radius 1 is 0.848 bits per heavy atom. The number of pyridine rings is 1. The molecule has 0 radical (unpaired) electrons. The molecular weight excluding hydrogens is 408 g/mol. The van der Waals surface area contributed by atoms with Gasteiger partial charge in [-0.15, -0.1) is 0 Å². The summed E-state index contributed by atoms with van der Waals surface area (Å²) in [5.74, 6) is 1.30. The number of nitrogens with one attached hydrogen (secondary N) is 1. The lowest BCUT2D eigenvalue weighted by Crippen LogP contribution is -2.23. The van der Waals surface area contributed by atoms with E-state index in [1.54, 1.807) is 6.20 Å². The smallest absolute Gasteiger partial charge is 0.220 e. The third-order valence-electron chi connectivity index (χ3n) is 5.61. The Hall–Kier alpha value is -3.14. The summed E-state index contributed by atoms with van der Waals surface area (Å²) >= 11 is 0. The molecule has 33 heavy (non-hydrogen) atoms. The Balaban J connectivity index is 1.59. The number of aryl methyl sites for hydroxylation is 1. The van der Waals surface area contributed by atoms with Gasteiger partial charge in [0.1, 0.15) is 5.75 Å². The number of carbonyl (C=O) groups is 1. The number of carbonyl (C=O) groups excluding carboxylic acids is 1. The van der Waals surface area contributed by atoms with Crippen molar-refractivity contribution in [1.82, 2.24) is 10.3 Å². The summed E-state index contributed by atoms with van der Waals surface area (Å²) in [6, 6.07) is 20.1. The van der Waals surface area contributed by atoms with Crippen LogP contribution < -0.4 is 10.1 Å². The van der Waals surface area contributed by atoms with Crippen LogP contribution >= 0.6 is 0 Å². The normalized spacial score (nSPS) is 11.8. The maximum absolute atomic E-state index is 12.6. The van der Waals surface area contributed by atoms with E-state index < -0.39 is 0 Å². The van der Waals surface area contributed by atoms with Crippen molar-refractivity contribution in [2.24, 2.45) is 0 Å². The van der Waals surface area contributed by atoms with Crippen molar-refractivity contribution in [2.75, 3.05) is 0 Å². The van der Waals surface area contributed by atoms with Crippen molar-refractivity contribution in [3.63, 3.8) is 0 Å². The summed E-state index contributed by atoms with van der Waals surface area (Å²) < 4.78 is 5.78. The molecular formula is C29H36N2O2. The van der Waals surface area contributed by atoms with Gasteiger partial charge in [-0.25, -0.2) is 4.98 Å². The summed E-state index contributed by atoms with van der Waals surface area (Å²) in [6.07, 6.45) is 2.88. The quantitative estimate of drug-likeness (QED) is 0.440. The molecule has 3 rings (SSSR count). The van der Waals surface area contributed by atoms with E-state index in [0.29, 0.717) is 24.6 Å². The predicted molar refractivity (Wildman–Crippen MR) is 135 cm³/mol. The first-order valence-corrected chi connectivity index (χ1v) is 11.6. The van der Waals surface area contributed by atoms with Gasteiger partial charge in [-0.2, -0.15) is 0 Å². The molecule has 174 valence electrons. The molecule has 0 spiro atoms. The van der Waals surface area contributed by atoms with Gasteiger partial charge in [0.15, 0.2) is 0 Å². The van der Waals surface area contributed by atoms with E-state index >= 15 is 0 Å². The molecule has 4 heteroatoms. The highest BCUT2D eigenvalue weighted by molar-refractivity contribution is 5.76. The molecule has 1 aromatic heterocycles. The minimum Gasteiger partial charge on any atom is -0.439 e. The van der Waals surface area contributed by atoms with Gasteiger partial charge in [0.05, 0.1) is 0 Å². The van der Waals surface area contributed by atoms with Crippen molar-refractivity contribution in [3.8, 4) is 11.6 Å². The zero-order valence-corrected chi connectivity index (χ0v) is 20.7. The van der Waals surface area contributed by atoms with Crippen molar-refractivity contribution < 1.29 is 9.53 Å². The van der Waals surface area contributed by atoms with Gasteiger partial charge in [-0.3, -0.25) is 4.79 Å². The predicted octanol–water partition coefficient (Wildman–Crippen LogP) is 6.72. The highest BCUT2D eigenvalue weighted by Gasteiger charge is 2.20. The molecule has 0 fully saturated rings. The SMILES string of the molecule is CC(C)(C)c1cc(CCC(=O)NCc2cccc(Oc3ccccn3)c2)cc(C(C)(C)C)c1. The van der Waals surface area contributed by atoms with Crippen LogP contribution in [0.5, 0.6) is 11.6 Å². The second-order valence-corrected chi connectivity index (χ2v) is 10.6. The zero-order chi connectivity index (χ0) is 24.1. The number of hydrogen-bond donors (Lipinski definition) is 1. The van der Waals surface area contributed by atoms with Crippen molar-refractivity contribution in [2.45, 2.75) is 71.8 Å². The molecule has 0 unspecified atom stereocenters. The summed E-state index contributed by atoms with van der Waals surface area (Å²) in [4.78, 5) is 16.8. The van der Waals surface area contributed by atoms with Crippen LogP contribution in [0.4, 0.5) is 0 Å². The van der Waals surface area contributed by atoms with E-state index in [-0.39, 0.29) is 16.7 Å². The maximum Gasteiger partial charge on any atom is 0.220 e. The van der Waals surface area contributed by atoms with Crippen molar-refractivity contribution in [3.05, 3.63) is 89.1 Å². The standard InChI is InChI=1S/C29H36N2O2/c1-28(2,3)23-16-21(17-24(19-23)29(4,5)6)13-14-26(32)31-20-22-10-9-11-25(18-22)33-27-12-7-8-15-30-27/h7-12,15-19H,13-14,20H2,1-6H3,(H,31,32). The van der Waals surface area contributed by atoms with E-state index in [9.17, 15) is 4.79 Å². The lowest BCUT2D eigenvalue weighted by atomic mass is 9.79. The minimum atomic E-state index is 0.0458. The topological polar surface area (TPSA) is 51.2 Å². The Morgan fingerprint density at radius 2 is 1.55 bits per heavy atom. The Bertz CT molecular complexity index is 1040. The first-order valence-electron chi connectivity index (χ1n) is 11.6. The van der Waals surface area contributed by atoms with Gasteiger partial charge in [0.25, 0.3) is 0 Å². The van der Waals surface area contributed by atoms with E-state index in [1.165, 1.54) is 16.7 Å².